The van der Waals surface area contributed by atoms with Crippen LogP contribution in [0.5, 0.6) is 0 Å². The third-order valence-electron chi connectivity index (χ3n) is 4.52. The van der Waals surface area contributed by atoms with Crippen molar-refractivity contribution in [3.63, 3.8) is 0 Å². The van der Waals surface area contributed by atoms with Gasteiger partial charge in [-0.2, -0.15) is 5.10 Å². The molecule has 0 amide bonds. The summed E-state index contributed by atoms with van der Waals surface area (Å²) in [7, 11) is 0. The quantitative estimate of drug-likeness (QED) is 0.688. The number of hydrogen-bond acceptors (Lipinski definition) is 6. The highest BCUT2D eigenvalue weighted by Crippen LogP contribution is 2.35. The molecule has 0 unspecified atom stereocenters. The highest BCUT2D eigenvalue weighted by atomic mass is 35.5. The molecule has 2 aromatic carbocycles. The van der Waals surface area contributed by atoms with Gasteiger partial charge in [-0.25, -0.2) is 0 Å². The van der Waals surface area contributed by atoms with Crippen molar-refractivity contribution in [1.82, 2.24) is 5.43 Å². The predicted octanol–water partition coefficient (Wildman–Crippen LogP) is 3.36. The van der Waals surface area contributed by atoms with Crippen LogP contribution in [-0.4, -0.2) is 34.2 Å². The normalized spacial score (nSPS) is 20.7. The molecule has 2 aliphatic rings. The number of carboxylic acid groups (broad SMARTS) is 1. The Morgan fingerprint density at radius 2 is 2.04 bits per heavy atom. The fourth-order valence-corrected chi connectivity index (χ4v) is 3.79. The minimum Gasteiger partial charge on any atom is -0.481 e. The number of halogens is 1. The van der Waals surface area contributed by atoms with E-state index < -0.39 is 12.0 Å². The van der Waals surface area contributed by atoms with Crippen molar-refractivity contribution in [2.24, 2.45) is 10.1 Å². The molecule has 0 fully saturated rings. The van der Waals surface area contributed by atoms with E-state index in [1.807, 2.05) is 53.4 Å². The summed E-state index contributed by atoms with van der Waals surface area (Å²) in [4.78, 5) is 18.0. The molecule has 8 heteroatoms. The van der Waals surface area contributed by atoms with Crippen LogP contribution in [0.15, 0.2) is 58.6 Å². The van der Waals surface area contributed by atoms with Crippen LogP contribution in [0.3, 0.4) is 0 Å². The molecule has 2 N–H and O–H groups in total. The van der Waals surface area contributed by atoms with E-state index in [1.165, 1.54) is 0 Å². The number of nitrogens with one attached hydrogen (secondary N) is 1. The number of hydrogen-bond donors (Lipinski definition) is 3. The zero-order valence-electron chi connectivity index (χ0n) is 14.2. The zero-order chi connectivity index (χ0) is 19.0. The Morgan fingerprint density at radius 3 is 2.78 bits per heavy atom. The van der Waals surface area contributed by atoms with Crippen LogP contribution < -0.4 is 10.3 Å². The summed E-state index contributed by atoms with van der Waals surface area (Å²) in [6.07, 6.45) is 0.336. The first kappa shape index (κ1) is 17.9. The molecule has 2 heterocycles. The first-order chi connectivity index (χ1) is 13.0. The lowest BCUT2D eigenvalue weighted by molar-refractivity contribution is -0.137. The summed E-state index contributed by atoms with van der Waals surface area (Å²) >= 11 is 10.9. The van der Waals surface area contributed by atoms with Gasteiger partial charge in [-0.05, 0) is 24.6 Å². The fraction of sp³-hybridized carbons (Fsp3) is 0.211. The second kappa shape index (κ2) is 7.25. The number of carboxylic acids is 1. The number of benzene rings is 2. The molecule has 27 heavy (non-hydrogen) atoms. The predicted molar refractivity (Wildman–Crippen MR) is 110 cm³/mol. The van der Waals surface area contributed by atoms with Gasteiger partial charge >= 0.3 is 5.97 Å². The number of hydrazone groups is 1. The molecule has 4 rings (SSSR count). The Balaban J connectivity index is 1.91. The van der Waals surface area contributed by atoms with Crippen molar-refractivity contribution in [3.05, 3.63) is 64.7 Å². The second-order valence-electron chi connectivity index (χ2n) is 6.30. The van der Waals surface area contributed by atoms with Crippen molar-refractivity contribution >= 4 is 47.4 Å². The first-order valence-electron chi connectivity index (χ1n) is 8.50. The van der Waals surface area contributed by atoms with Crippen LogP contribution in [0, 0.1) is 0 Å². The average Bonchev–Trinajstić information content (AvgIpc) is 2.97. The monoisotopic (exact) mass is 400 g/mol. The third-order valence-corrected chi connectivity index (χ3v) is 5.10. The highest BCUT2D eigenvalue weighted by Gasteiger charge is 2.37. The van der Waals surface area contributed by atoms with Gasteiger partial charge in [-0.1, -0.05) is 41.9 Å². The average molecular weight is 401 g/mol. The maximum absolute atomic E-state index is 11.1. The van der Waals surface area contributed by atoms with Gasteiger partial charge in [0, 0.05) is 22.6 Å². The smallest absolute Gasteiger partial charge is 0.303 e. The van der Waals surface area contributed by atoms with Crippen molar-refractivity contribution in [3.8, 4) is 0 Å². The van der Waals surface area contributed by atoms with E-state index in [-0.39, 0.29) is 11.9 Å². The van der Waals surface area contributed by atoms with E-state index in [1.54, 1.807) is 0 Å². The van der Waals surface area contributed by atoms with Gasteiger partial charge in [0.15, 0.2) is 11.3 Å². The first-order valence-corrected chi connectivity index (χ1v) is 9.39. The molecule has 0 aliphatic carbocycles. The van der Waals surface area contributed by atoms with E-state index in [4.69, 9.17) is 21.7 Å². The maximum Gasteiger partial charge on any atom is 0.303 e. The summed E-state index contributed by atoms with van der Waals surface area (Å²) in [5.74, 6) is -0.206. The number of thiol groups is 1. The lowest BCUT2D eigenvalue weighted by Gasteiger charge is -2.26. The minimum absolute atomic E-state index is 0.00254. The summed E-state index contributed by atoms with van der Waals surface area (Å²) in [5, 5.41) is 14.1. The maximum atomic E-state index is 11.1. The summed E-state index contributed by atoms with van der Waals surface area (Å²) in [6, 6.07) is 15.0. The Kier molecular flexibility index (Phi) is 4.80. The van der Waals surface area contributed by atoms with Crippen LogP contribution in [0.4, 0.5) is 5.69 Å². The van der Waals surface area contributed by atoms with E-state index >= 15 is 0 Å². The molecule has 0 bridgehead atoms. The van der Waals surface area contributed by atoms with E-state index in [0.29, 0.717) is 17.3 Å². The Labute approximate surface area is 167 Å². The molecular weight excluding hydrogens is 384 g/mol. The Hall–Kier alpha value is -2.51. The topological polar surface area (TPSA) is 77.3 Å². The molecule has 2 aliphatic heterocycles. The summed E-state index contributed by atoms with van der Waals surface area (Å²) < 4.78 is 0. The van der Waals surface area contributed by atoms with Crippen molar-refractivity contribution < 1.29 is 9.90 Å². The minimum atomic E-state index is -0.864. The number of aliphatic imine (C=N–C) groups is 1. The van der Waals surface area contributed by atoms with Crippen molar-refractivity contribution in [1.29, 1.82) is 0 Å². The lowest BCUT2D eigenvalue weighted by atomic mass is 10.0. The molecular formula is C19H17ClN4O2S. The number of carbonyl (C=O) groups is 1. The summed E-state index contributed by atoms with van der Waals surface area (Å²) in [6.45, 7) is 0. The molecule has 138 valence electrons. The third kappa shape index (κ3) is 3.40. The van der Waals surface area contributed by atoms with E-state index in [0.717, 1.165) is 22.5 Å². The standard InChI is InChI=1S/C19H17ClN4O2S/c20-12-6-8-15-13(10-12)17(11-4-2-1-3-5-11)21-14(7-9-16(25)26)18-22-23-19(27)24(15)18/h1-6,8,10,14,19,23,27H,7,9H2,(H,25,26)/t14-,19+/m0/s1. The molecule has 0 aromatic heterocycles. The largest absolute Gasteiger partial charge is 0.481 e. The SMILES string of the molecule is O=C(O)CC[C@@H]1N=C(c2ccccc2)c2cc(Cl)ccc2N2C1=NN[C@H]2S. The number of rotatable bonds is 4. The molecule has 2 aromatic rings. The summed E-state index contributed by atoms with van der Waals surface area (Å²) in [5.41, 5.74) is 6.03. The van der Waals surface area contributed by atoms with E-state index in [9.17, 15) is 4.79 Å². The van der Waals surface area contributed by atoms with Crippen LogP contribution in [0.2, 0.25) is 5.02 Å². The van der Waals surface area contributed by atoms with Crippen LogP contribution in [-0.2, 0) is 4.79 Å². The van der Waals surface area contributed by atoms with Gasteiger partial charge in [0.25, 0.3) is 0 Å². The van der Waals surface area contributed by atoms with Gasteiger partial charge in [-0.15, -0.1) is 12.6 Å². The number of nitrogens with zero attached hydrogens (tertiary/aromatic N) is 3. The van der Waals surface area contributed by atoms with Gasteiger partial charge in [0.1, 0.15) is 6.04 Å². The number of aliphatic carboxylic acids is 1. The molecule has 0 spiro atoms. The molecule has 6 nitrogen and oxygen atoms in total. The highest BCUT2D eigenvalue weighted by molar-refractivity contribution is 7.81. The van der Waals surface area contributed by atoms with Crippen molar-refractivity contribution in [2.75, 3.05) is 4.90 Å². The Bertz CT molecular complexity index is 948. The van der Waals surface area contributed by atoms with Crippen molar-refractivity contribution in [2.45, 2.75) is 24.4 Å². The van der Waals surface area contributed by atoms with Crippen LogP contribution in [0.25, 0.3) is 0 Å². The molecule has 0 saturated carbocycles. The molecule has 0 saturated heterocycles. The van der Waals surface area contributed by atoms with Crippen LogP contribution >= 0.6 is 24.2 Å². The number of amidine groups is 1. The van der Waals surface area contributed by atoms with E-state index in [2.05, 4.69) is 23.2 Å². The molecule has 0 radical (unpaired) electrons. The zero-order valence-corrected chi connectivity index (χ0v) is 15.9. The van der Waals surface area contributed by atoms with Crippen LogP contribution in [0.1, 0.15) is 24.0 Å². The van der Waals surface area contributed by atoms with Gasteiger partial charge in [-0.3, -0.25) is 20.1 Å². The second-order valence-corrected chi connectivity index (χ2v) is 7.22. The van der Waals surface area contributed by atoms with Gasteiger partial charge in [0.05, 0.1) is 11.4 Å². The van der Waals surface area contributed by atoms with Gasteiger partial charge in [0.2, 0.25) is 0 Å². The fourth-order valence-electron chi connectivity index (χ4n) is 3.32. The Morgan fingerprint density at radius 1 is 1.26 bits per heavy atom. The lowest BCUT2D eigenvalue weighted by Crippen LogP contribution is -2.40. The molecule has 2 atom stereocenters. The number of anilines is 1. The number of fused-ring (bicyclic) bond motifs is 3. The van der Waals surface area contributed by atoms with Gasteiger partial charge < -0.3 is 5.11 Å².